The van der Waals surface area contributed by atoms with Crippen LogP contribution in [-0.2, 0) is 6.18 Å². The number of aliphatic hydroxyl groups is 1. The van der Waals surface area contributed by atoms with Crippen molar-refractivity contribution < 1.29 is 18.3 Å². The van der Waals surface area contributed by atoms with Gasteiger partial charge in [0.1, 0.15) is 4.99 Å². The Bertz CT molecular complexity index is 515. The molecule has 3 N–H and O–H groups in total. The molecule has 0 unspecified atom stereocenters. The van der Waals surface area contributed by atoms with Gasteiger partial charge in [0.15, 0.2) is 0 Å². The number of likely N-dealkylation sites (N-methyl/N-ethyl adjacent to an activating group) is 1. The first kappa shape index (κ1) is 16.7. The second-order valence-corrected chi connectivity index (χ2v) is 5.56. The average Bonchev–Trinajstić information content (AvgIpc) is 2.35. The number of hydrogen-bond donors (Lipinski definition) is 2. The molecule has 0 fully saturated rings. The van der Waals surface area contributed by atoms with Crippen LogP contribution < -0.4 is 10.6 Å². The summed E-state index contributed by atoms with van der Waals surface area (Å²) in [7, 11) is 1.67. The Morgan fingerprint density at radius 1 is 1.35 bits per heavy atom. The van der Waals surface area contributed by atoms with Gasteiger partial charge in [-0.3, -0.25) is 0 Å². The number of alkyl halides is 3. The molecular weight excluding hydrogens is 289 g/mol. The van der Waals surface area contributed by atoms with Crippen molar-refractivity contribution in [2.24, 2.45) is 5.73 Å². The molecule has 0 aromatic heterocycles. The molecule has 20 heavy (non-hydrogen) atoms. The van der Waals surface area contributed by atoms with E-state index in [9.17, 15) is 18.3 Å². The van der Waals surface area contributed by atoms with E-state index in [-0.39, 0.29) is 17.2 Å². The Balaban J connectivity index is 3.39. The number of aliphatic hydroxyl groups excluding tert-OH is 1. The molecular formula is C13H17F3N2OS. The van der Waals surface area contributed by atoms with Crippen LogP contribution in [0.15, 0.2) is 18.2 Å². The monoisotopic (exact) mass is 306 g/mol. The summed E-state index contributed by atoms with van der Waals surface area (Å²) in [6.07, 6.45) is -4.46. The lowest BCUT2D eigenvalue weighted by molar-refractivity contribution is -0.137. The molecule has 1 aromatic rings. The summed E-state index contributed by atoms with van der Waals surface area (Å²) in [5.41, 5.74) is 4.65. The van der Waals surface area contributed by atoms with E-state index in [1.54, 1.807) is 25.8 Å². The molecule has 112 valence electrons. The third-order valence-corrected chi connectivity index (χ3v) is 3.47. The first-order valence-electron chi connectivity index (χ1n) is 5.86. The van der Waals surface area contributed by atoms with Crippen LogP contribution in [0.1, 0.15) is 25.0 Å². The fraction of sp³-hybridized carbons (Fsp3) is 0.462. The second-order valence-electron chi connectivity index (χ2n) is 5.12. The third kappa shape index (κ3) is 3.40. The SMILES string of the molecule is CN(c1ccc(C(F)(F)F)cc1C(N)=S)C(C)(C)CO. The van der Waals surface area contributed by atoms with Gasteiger partial charge in [0.25, 0.3) is 0 Å². The van der Waals surface area contributed by atoms with Crippen molar-refractivity contribution in [3.8, 4) is 0 Å². The molecule has 3 nitrogen and oxygen atoms in total. The highest BCUT2D eigenvalue weighted by molar-refractivity contribution is 7.80. The van der Waals surface area contributed by atoms with E-state index < -0.39 is 17.3 Å². The summed E-state index contributed by atoms with van der Waals surface area (Å²) >= 11 is 4.83. The van der Waals surface area contributed by atoms with Gasteiger partial charge in [-0.05, 0) is 32.0 Å². The van der Waals surface area contributed by atoms with E-state index in [2.05, 4.69) is 0 Å². The van der Waals surface area contributed by atoms with Gasteiger partial charge >= 0.3 is 6.18 Å². The number of thiocarbonyl (C=S) groups is 1. The van der Waals surface area contributed by atoms with Crippen molar-refractivity contribution in [3.05, 3.63) is 29.3 Å². The zero-order valence-corrected chi connectivity index (χ0v) is 12.3. The normalized spacial score (nSPS) is 12.3. The molecule has 0 amide bonds. The Morgan fingerprint density at radius 2 is 1.90 bits per heavy atom. The van der Waals surface area contributed by atoms with E-state index in [4.69, 9.17) is 18.0 Å². The van der Waals surface area contributed by atoms with Gasteiger partial charge in [0.2, 0.25) is 0 Å². The largest absolute Gasteiger partial charge is 0.416 e. The van der Waals surface area contributed by atoms with Crippen molar-refractivity contribution >= 4 is 22.9 Å². The van der Waals surface area contributed by atoms with Gasteiger partial charge in [0.05, 0.1) is 17.7 Å². The zero-order chi connectivity index (χ0) is 15.7. The minimum Gasteiger partial charge on any atom is -0.394 e. The van der Waals surface area contributed by atoms with Gasteiger partial charge in [-0.2, -0.15) is 13.2 Å². The average molecular weight is 306 g/mol. The molecule has 1 rings (SSSR count). The molecule has 0 saturated carbocycles. The van der Waals surface area contributed by atoms with E-state index >= 15 is 0 Å². The lowest BCUT2D eigenvalue weighted by Crippen LogP contribution is -2.45. The highest BCUT2D eigenvalue weighted by atomic mass is 32.1. The highest BCUT2D eigenvalue weighted by Crippen LogP contribution is 2.34. The van der Waals surface area contributed by atoms with Crippen LogP contribution in [-0.4, -0.2) is 29.3 Å². The van der Waals surface area contributed by atoms with E-state index in [0.717, 1.165) is 12.1 Å². The van der Waals surface area contributed by atoms with Gasteiger partial charge < -0.3 is 15.7 Å². The number of hydrogen-bond acceptors (Lipinski definition) is 3. The molecule has 0 aliphatic heterocycles. The summed E-state index contributed by atoms with van der Waals surface area (Å²) in [6.45, 7) is 3.35. The van der Waals surface area contributed by atoms with Gasteiger partial charge in [-0.1, -0.05) is 12.2 Å². The van der Waals surface area contributed by atoms with Crippen molar-refractivity contribution in [2.75, 3.05) is 18.6 Å². The number of nitrogens with two attached hydrogens (primary N) is 1. The fourth-order valence-electron chi connectivity index (χ4n) is 1.63. The number of halogens is 3. The van der Waals surface area contributed by atoms with E-state index in [1.807, 2.05) is 0 Å². The molecule has 0 spiro atoms. The molecule has 0 saturated heterocycles. The Kier molecular flexibility index (Phi) is 4.66. The van der Waals surface area contributed by atoms with Crippen LogP contribution in [0.2, 0.25) is 0 Å². The lowest BCUT2D eigenvalue weighted by Gasteiger charge is -2.37. The van der Waals surface area contributed by atoms with Crippen molar-refractivity contribution in [1.29, 1.82) is 0 Å². The van der Waals surface area contributed by atoms with Gasteiger partial charge in [-0.15, -0.1) is 0 Å². The Labute approximate surface area is 121 Å². The van der Waals surface area contributed by atoms with Crippen LogP contribution in [0.3, 0.4) is 0 Å². The van der Waals surface area contributed by atoms with Crippen LogP contribution >= 0.6 is 12.2 Å². The number of nitrogens with zero attached hydrogens (tertiary/aromatic N) is 1. The van der Waals surface area contributed by atoms with Gasteiger partial charge in [0, 0.05) is 18.3 Å². The predicted octanol–water partition coefficient (Wildman–Crippen LogP) is 2.55. The molecule has 0 aliphatic carbocycles. The number of anilines is 1. The summed E-state index contributed by atoms with van der Waals surface area (Å²) in [6, 6.07) is 3.22. The van der Waals surface area contributed by atoms with Crippen LogP contribution in [0.5, 0.6) is 0 Å². The fourth-order valence-corrected chi connectivity index (χ4v) is 1.80. The number of benzene rings is 1. The van der Waals surface area contributed by atoms with E-state index in [1.165, 1.54) is 6.07 Å². The Morgan fingerprint density at radius 3 is 2.30 bits per heavy atom. The van der Waals surface area contributed by atoms with Gasteiger partial charge in [-0.25, -0.2) is 0 Å². The standard InChI is InChI=1S/C13H17F3N2OS/c1-12(2,7-19)18(3)10-5-4-8(13(14,15)16)6-9(10)11(17)20/h4-6,19H,7H2,1-3H3,(H2,17,20). The minimum absolute atomic E-state index is 0.119. The molecule has 1 aromatic carbocycles. The first-order chi connectivity index (χ1) is 9.00. The maximum absolute atomic E-state index is 12.7. The quantitative estimate of drug-likeness (QED) is 0.839. The molecule has 0 heterocycles. The molecule has 0 radical (unpaired) electrons. The Hall–Kier alpha value is -1.34. The first-order valence-corrected chi connectivity index (χ1v) is 6.27. The molecule has 0 atom stereocenters. The zero-order valence-electron chi connectivity index (χ0n) is 11.5. The van der Waals surface area contributed by atoms with Crippen molar-refractivity contribution in [2.45, 2.75) is 25.6 Å². The summed E-state index contributed by atoms with van der Waals surface area (Å²) < 4.78 is 38.2. The van der Waals surface area contributed by atoms with Crippen LogP contribution in [0.4, 0.5) is 18.9 Å². The molecule has 7 heteroatoms. The number of rotatable bonds is 4. The topological polar surface area (TPSA) is 49.5 Å². The highest BCUT2D eigenvalue weighted by Gasteiger charge is 2.32. The van der Waals surface area contributed by atoms with E-state index in [0.29, 0.717) is 5.69 Å². The summed E-state index contributed by atoms with van der Waals surface area (Å²) in [5.74, 6) is 0. The van der Waals surface area contributed by atoms with Crippen LogP contribution in [0.25, 0.3) is 0 Å². The smallest absolute Gasteiger partial charge is 0.394 e. The molecule has 0 aliphatic rings. The minimum atomic E-state index is -4.46. The second kappa shape index (κ2) is 5.57. The van der Waals surface area contributed by atoms with Crippen LogP contribution in [0, 0.1) is 0 Å². The lowest BCUT2D eigenvalue weighted by atomic mass is 10.0. The third-order valence-electron chi connectivity index (χ3n) is 3.25. The maximum atomic E-state index is 12.7. The van der Waals surface area contributed by atoms with Crippen molar-refractivity contribution in [1.82, 2.24) is 0 Å². The maximum Gasteiger partial charge on any atom is 0.416 e. The predicted molar refractivity (Wildman–Crippen MR) is 76.9 cm³/mol. The summed E-state index contributed by atoms with van der Waals surface area (Å²) in [4.78, 5) is 1.54. The molecule has 0 bridgehead atoms. The summed E-state index contributed by atoms with van der Waals surface area (Å²) in [5, 5.41) is 9.35. The van der Waals surface area contributed by atoms with Crippen molar-refractivity contribution in [3.63, 3.8) is 0 Å².